The van der Waals surface area contributed by atoms with Gasteiger partial charge in [-0.05, 0) is 75.2 Å². The summed E-state index contributed by atoms with van der Waals surface area (Å²) in [5, 5.41) is 4.33. The smallest absolute Gasteiger partial charge is 0.227 e. The lowest BCUT2D eigenvalue weighted by Gasteiger charge is -2.28. The second-order valence-corrected chi connectivity index (χ2v) is 12.4. The van der Waals surface area contributed by atoms with Crippen LogP contribution in [0.3, 0.4) is 0 Å². The summed E-state index contributed by atoms with van der Waals surface area (Å²) >= 11 is 0. The number of para-hydroxylation sites is 1. The molecule has 0 fully saturated rings. The number of benzene rings is 6. The molecule has 0 saturated heterocycles. The summed E-state index contributed by atoms with van der Waals surface area (Å²) in [6.45, 7) is 4.66. The molecule has 0 radical (unpaired) electrons. The van der Waals surface area contributed by atoms with Gasteiger partial charge in [0.1, 0.15) is 5.58 Å². The first-order valence-corrected chi connectivity index (χ1v) is 15.5. The standard InChI is InChI=1S/C42H30N2O/c1-42(2)36-16-8-6-13-31(36)34-25-30(23-24-37(34)42)44(29-21-19-28(20-22-29)27-11-4-3-5-12-27)38-17-10-15-32-35(38)26-43-41-40(32)33-14-7-9-18-39(33)45-41/h3-26H,1-2H3. The Morgan fingerprint density at radius 2 is 1.24 bits per heavy atom. The number of hydrogen-bond donors (Lipinski definition) is 0. The zero-order chi connectivity index (χ0) is 30.1. The van der Waals surface area contributed by atoms with Gasteiger partial charge in [-0.25, -0.2) is 4.98 Å². The van der Waals surface area contributed by atoms with Gasteiger partial charge in [0.2, 0.25) is 5.71 Å². The molecule has 0 aliphatic heterocycles. The van der Waals surface area contributed by atoms with E-state index in [4.69, 9.17) is 9.40 Å². The van der Waals surface area contributed by atoms with Gasteiger partial charge in [-0.3, -0.25) is 0 Å². The molecule has 0 N–H and O–H groups in total. The van der Waals surface area contributed by atoms with Crippen molar-refractivity contribution in [3.63, 3.8) is 0 Å². The highest BCUT2D eigenvalue weighted by Gasteiger charge is 2.35. The summed E-state index contributed by atoms with van der Waals surface area (Å²) in [5.74, 6) is 0. The molecule has 0 amide bonds. The Balaban J connectivity index is 1.29. The molecule has 6 aromatic carbocycles. The van der Waals surface area contributed by atoms with Crippen molar-refractivity contribution in [2.45, 2.75) is 19.3 Å². The molecule has 8 aromatic rings. The molecule has 0 bridgehead atoms. The number of hydrogen-bond acceptors (Lipinski definition) is 3. The van der Waals surface area contributed by atoms with E-state index in [-0.39, 0.29) is 5.41 Å². The van der Waals surface area contributed by atoms with E-state index >= 15 is 0 Å². The topological polar surface area (TPSA) is 29.3 Å². The van der Waals surface area contributed by atoms with Crippen molar-refractivity contribution >= 4 is 49.9 Å². The number of anilines is 3. The van der Waals surface area contributed by atoms with Crippen LogP contribution in [-0.2, 0) is 5.41 Å². The second-order valence-electron chi connectivity index (χ2n) is 12.4. The van der Waals surface area contributed by atoms with Crippen molar-refractivity contribution in [2.24, 2.45) is 0 Å². The van der Waals surface area contributed by atoms with Gasteiger partial charge in [0.05, 0.1) is 11.1 Å². The van der Waals surface area contributed by atoms with Gasteiger partial charge in [0.15, 0.2) is 0 Å². The predicted molar refractivity (Wildman–Crippen MR) is 187 cm³/mol. The molecule has 0 atom stereocenters. The van der Waals surface area contributed by atoms with Crippen molar-refractivity contribution in [1.82, 2.24) is 4.98 Å². The summed E-state index contributed by atoms with van der Waals surface area (Å²) in [7, 11) is 0. The van der Waals surface area contributed by atoms with Crippen LogP contribution in [0, 0.1) is 0 Å². The SMILES string of the molecule is CC1(C)c2ccccc2-c2cc(N(c3ccc(-c4ccccc4)cc3)c3cccc4c3cnc3oc5ccccc5c34)ccc21. The van der Waals surface area contributed by atoms with Crippen LogP contribution in [-0.4, -0.2) is 4.98 Å². The summed E-state index contributed by atoms with van der Waals surface area (Å²) < 4.78 is 6.16. The maximum Gasteiger partial charge on any atom is 0.227 e. The number of rotatable bonds is 4. The van der Waals surface area contributed by atoms with Crippen LogP contribution >= 0.6 is 0 Å². The van der Waals surface area contributed by atoms with Crippen molar-refractivity contribution in [1.29, 1.82) is 0 Å². The fourth-order valence-electron chi connectivity index (χ4n) is 7.32. The number of nitrogens with zero attached hydrogens (tertiary/aromatic N) is 2. The number of furan rings is 1. The largest absolute Gasteiger partial charge is 0.438 e. The van der Waals surface area contributed by atoms with Crippen LogP contribution in [0.1, 0.15) is 25.0 Å². The van der Waals surface area contributed by atoms with Crippen LogP contribution in [0.4, 0.5) is 17.1 Å². The Bertz CT molecular complexity index is 2400. The molecule has 9 rings (SSSR count). The quantitative estimate of drug-likeness (QED) is 0.208. The molecule has 1 aliphatic carbocycles. The minimum atomic E-state index is -0.0517. The van der Waals surface area contributed by atoms with Gasteiger partial charge in [0.25, 0.3) is 0 Å². The Labute approximate surface area is 262 Å². The zero-order valence-electron chi connectivity index (χ0n) is 25.2. The highest BCUT2D eigenvalue weighted by Crippen LogP contribution is 2.51. The van der Waals surface area contributed by atoms with Gasteiger partial charge in [-0.15, -0.1) is 0 Å². The number of pyridine rings is 1. The maximum absolute atomic E-state index is 6.16. The molecule has 0 saturated carbocycles. The van der Waals surface area contributed by atoms with Crippen molar-refractivity contribution < 1.29 is 4.42 Å². The third-order valence-electron chi connectivity index (χ3n) is 9.54. The fourth-order valence-corrected chi connectivity index (χ4v) is 7.32. The normalized spacial score (nSPS) is 13.3. The number of fused-ring (bicyclic) bond motifs is 8. The van der Waals surface area contributed by atoms with Crippen LogP contribution in [0.15, 0.2) is 150 Å². The van der Waals surface area contributed by atoms with E-state index in [9.17, 15) is 0 Å². The zero-order valence-corrected chi connectivity index (χ0v) is 25.2. The Kier molecular flexibility index (Phi) is 5.54. The molecule has 45 heavy (non-hydrogen) atoms. The minimum absolute atomic E-state index is 0.0517. The molecular weight excluding hydrogens is 548 g/mol. The molecule has 2 aromatic heterocycles. The van der Waals surface area contributed by atoms with Crippen LogP contribution in [0.25, 0.3) is 55.1 Å². The van der Waals surface area contributed by atoms with E-state index < -0.39 is 0 Å². The van der Waals surface area contributed by atoms with E-state index in [2.05, 4.69) is 146 Å². The Morgan fingerprint density at radius 1 is 0.556 bits per heavy atom. The molecule has 0 spiro atoms. The van der Waals surface area contributed by atoms with Gasteiger partial charge in [-0.1, -0.05) is 117 Å². The fraction of sp³-hybridized carbons (Fsp3) is 0.0714. The average Bonchev–Trinajstić information content (AvgIpc) is 3.58. The summed E-state index contributed by atoms with van der Waals surface area (Å²) in [6.07, 6.45) is 1.96. The van der Waals surface area contributed by atoms with Gasteiger partial charge in [-0.2, -0.15) is 0 Å². The molecule has 3 heteroatoms. The monoisotopic (exact) mass is 578 g/mol. The minimum Gasteiger partial charge on any atom is -0.438 e. The average molecular weight is 579 g/mol. The van der Waals surface area contributed by atoms with Crippen LogP contribution < -0.4 is 4.90 Å². The highest BCUT2D eigenvalue weighted by atomic mass is 16.3. The first-order valence-electron chi connectivity index (χ1n) is 15.5. The lowest BCUT2D eigenvalue weighted by molar-refractivity contribution is 0.654. The third-order valence-corrected chi connectivity index (χ3v) is 9.54. The molecule has 1 aliphatic rings. The first-order chi connectivity index (χ1) is 22.1. The Hall–Kier alpha value is -5.67. The first kappa shape index (κ1) is 25.8. The maximum atomic E-state index is 6.16. The van der Waals surface area contributed by atoms with Crippen molar-refractivity contribution in [3.8, 4) is 22.3 Å². The van der Waals surface area contributed by atoms with Crippen LogP contribution in [0.2, 0.25) is 0 Å². The molecular formula is C42H30N2O. The highest BCUT2D eigenvalue weighted by molar-refractivity contribution is 6.20. The number of aromatic nitrogens is 1. The molecule has 3 nitrogen and oxygen atoms in total. The predicted octanol–water partition coefficient (Wildman–Crippen LogP) is 11.6. The van der Waals surface area contributed by atoms with E-state index in [1.807, 2.05) is 18.3 Å². The van der Waals surface area contributed by atoms with Crippen molar-refractivity contribution in [2.75, 3.05) is 4.90 Å². The Morgan fingerprint density at radius 3 is 2.11 bits per heavy atom. The van der Waals surface area contributed by atoms with E-state index in [1.54, 1.807) is 0 Å². The third kappa shape index (κ3) is 3.87. The molecule has 214 valence electrons. The summed E-state index contributed by atoms with van der Waals surface area (Å²) in [5.41, 5.74) is 12.5. The van der Waals surface area contributed by atoms with E-state index in [1.165, 1.54) is 33.4 Å². The molecule has 2 heterocycles. The van der Waals surface area contributed by atoms with E-state index in [0.29, 0.717) is 5.71 Å². The van der Waals surface area contributed by atoms with Gasteiger partial charge >= 0.3 is 0 Å². The van der Waals surface area contributed by atoms with Crippen molar-refractivity contribution in [3.05, 3.63) is 157 Å². The summed E-state index contributed by atoms with van der Waals surface area (Å²) in [6, 6.07) is 49.9. The lowest BCUT2D eigenvalue weighted by Crippen LogP contribution is -2.15. The van der Waals surface area contributed by atoms with Crippen LogP contribution in [0.5, 0.6) is 0 Å². The molecule has 0 unspecified atom stereocenters. The van der Waals surface area contributed by atoms with Gasteiger partial charge < -0.3 is 9.32 Å². The summed E-state index contributed by atoms with van der Waals surface area (Å²) in [4.78, 5) is 7.22. The van der Waals surface area contributed by atoms with E-state index in [0.717, 1.165) is 44.2 Å². The second kappa shape index (κ2) is 9.67. The lowest BCUT2D eigenvalue weighted by atomic mass is 9.82. The van der Waals surface area contributed by atoms with Gasteiger partial charge in [0, 0.05) is 33.8 Å².